The number of carboxylic acid groups (broad SMARTS) is 1. The number of carbonyl (C=O) groups is 12. The minimum atomic E-state index is -2.45. The summed E-state index contributed by atoms with van der Waals surface area (Å²) in [6.45, 7) is 6.70. The number of benzene rings is 5. The lowest BCUT2D eigenvalue weighted by atomic mass is 9.86. The molecule has 20 atom stereocenters. The van der Waals surface area contributed by atoms with Gasteiger partial charge in [-0.15, -0.1) is 11.8 Å². The maximum absolute atomic E-state index is 16.6. The van der Waals surface area contributed by atoms with Gasteiger partial charge in [0.1, 0.15) is 124 Å². The number of nitrogens with zero attached hydrogens (tertiary/aromatic N) is 5. The van der Waals surface area contributed by atoms with Gasteiger partial charge >= 0.3 is 0 Å². The number of phenols is 3. The fourth-order valence-electron chi connectivity index (χ4n) is 17.4. The number of phenolic OH excluding ortho intramolecular Hbond substituents is 3. The van der Waals surface area contributed by atoms with Crippen LogP contribution in [0.3, 0.4) is 0 Å². The first kappa shape index (κ1) is 105. The summed E-state index contributed by atoms with van der Waals surface area (Å²) in [6, 6.07) is 0.806. The number of ether oxygens (including phenoxy) is 6. The third-order valence-corrected chi connectivity index (χ3v) is 27.6. The highest BCUT2D eigenvalue weighted by Crippen LogP contribution is 2.51. The number of primary amides is 1. The van der Waals surface area contributed by atoms with Crippen LogP contribution in [0.5, 0.6) is 46.0 Å². The average Bonchev–Trinajstić information content (AvgIpc) is 0.850. The van der Waals surface area contributed by atoms with Crippen LogP contribution in [-0.4, -0.2) is 267 Å². The fourth-order valence-corrected chi connectivity index (χ4v) is 20.1. The Balaban J connectivity index is 0.820. The number of hydrogen-bond acceptors (Lipinski definition) is 36. The van der Waals surface area contributed by atoms with Crippen molar-refractivity contribution in [2.75, 3.05) is 45.3 Å². The molecule has 51 heteroatoms. The Morgan fingerprint density at radius 2 is 1.44 bits per heavy atom. The second kappa shape index (κ2) is 43.9. The highest BCUT2D eigenvalue weighted by atomic mass is 35.5. The maximum Gasteiger partial charge on any atom is 0.276 e. The first-order chi connectivity index (χ1) is 67.4. The summed E-state index contributed by atoms with van der Waals surface area (Å²) < 4.78 is 40.4. The van der Waals surface area contributed by atoms with Crippen LogP contribution >= 0.6 is 57.9 Å². The van der Waals surface area contributed by atoms with E-state index in [-0.39, 0.29) is 87.5 Å². The van der Waals surface area contributed by atoms with Crippen LogP contribution in [-0.2, 0) is 89.7 Å². The summed E-state index contributed by atoms with van der Waals surface area (Å²) >= 11 is 22.7. The van der Waals surface area contributed by atoms with Crippen molar-refractivity contribution < 1.29 is 146 Å². The van der Waals surface area contributed by atoms with Gasteiger partial charge in [-0.1, -0.05) is 83.3 Å². The van der Waals surface area contributed by atoms with Crippen LogP contribution in [0, 0.1) is 5.92 Å². The number of halogens is 3. The van der Waals surface area contributed by atoms with Crippen molar-refractivity contribution in [3.63, 3.8) is 0 Å². The Bertz CT molecular complexity index is 6180. The molecule has 0 spiro atoms. The van der Waals surface area contributed by atoms with Crippen LogP contribution in [0.4, 0.5) is 5.13 Å². The summed E-state index contributed by atoms with van der Waals surface area (Å²) in [5, 5.41) is 144. The van der Waals surface area contributed by atoms with Gasteiger partial charge in [0.15, 0.2) is 53.7 Å². The molecule has 46 nitrogen and oxygen atoms in total. The number of carboxylic acids is 1. The number of amides is 11. The van der Waals surface area contributed by atoms with E-state index >= 15 is 28.8 Å². The summed E-state index contributed by atoms with van der Waals surface area (Å²) in [4.78, 5) is 188. The highest BCUT2D eigenvalue weighted by molar-refractivity contribution is 8.00. The number of nitrogens with two attached hydrogens (primary N) is 3. The predicted octanol–water partition coefficient (Wildman–Crippen LogP) is -0.989. The lowest BCUT2D eigenvalue weighted by Crippen LogP contribution is -2.71. The van der Waals surface area contributed by atoms with Gasteiger partial charge in [0.05, 0.1) is 53.0 Å². The molecule has 11 heterocycles. The van der Waals surface area contributed by atoms with E-state index in [0.29, 0.717) is 5.56 Å². The standard InChI is InChI=1S/C91H102Cl3N17O29S2/c1-8-110(31-37-16-19-109(20-17-37)32-41-34-141-87-68(86(131)111(87)69(41)88(132)133)106-83(128)65(108-134-7)64-77(94)142-90(96)107-64)58(117)15-18-99-80(125)63-46-27-43(114)28-51(115)60(46)45-26-42(113)11-12-44(45)62-82(127)105-67(85(130)103-63)71(119)39-10-14-53(48(93)23-39)137-55-25-40-24-54(74(55)140-89-75(73(121)72(120)56(33-112)138-89)139-59-30-91(5,97)76(122)36(4)135-59)136-52-13-9-38(22-47(52)92)70(118)66(104-78(123)49(98-6)21-35(2)3)84(129)100-50(29-57(95)116)79(124)101-61(40)81(126)102-62/h9-14,16-17,19-20,22-28,35-36,49-50,56,59,61-63,66-68,70-73,75-76,87,89,98,112,118-122H,8,15,18,21,29-34,97H2,1-7H3,(H15-,95,96,99,100,101,102,103,104,105,106,107,113,114,115,116,123,124,125,126,127,128,129,130,132,133)/b108-65+. The first-order valence-electron chi connectivity index (χ1n) is 44.4. The molecule has 2 aromatic heterocycles. The van der Waals surface area contributed by atoms with E-state index in [0.717, 1.165) is 83.0 Å². The van der Waals surface area contributed by atoms with Crippen molar-refractivity contribution >= 4 is 140 Å². The lowest BCUT2D eigenvalue weighted by molar-refractivity contribution is -0.689. The number of nitrogen functional groups attached to an aromatic ring is 1. The van der Waals surface area contributed by atoms with Crippen LogP contribution in [0.25, 0.3) is 11.1 Å². The summed E-state index contributed by atoms with van der Waals surface area (Å²) in [7, 11) is 2.63. The molecule has 758 valence electrons. The predicted molar refractivity (Wildman–Crippen MR) is 499 cm³/mol. The van der Waals surface area contributed by atoms with Crippen molar-refractivity contribution in [2.24, 2.45) is 22.5 Å². The number of thiazole rings is 1. The molecule has 11 amide bonds. The molecule has 9 aliphatic heterocycles. The molecule has 9 aliphatic rings. The molecule has 142 heavy (non-hydrogen) atoms. The van der Waals surface area contributed by atoms with E-state index in [2.05, 4.69) is 58.0 Å². The van der Waals surface area contributed by atoms with E-state index in [1.165, 1.54) is 56.8 Å². The summed E-state index contributed by atoms with van der Waals surface area (Å²) in [6.07, 6.45) is -16.5. The summed E-state index contributed by atoms with van der Waals surface area (Å²) in [5.74, 6) is -19.8. The number of thioether (sulfide) groups is 1. The van der Waals surface area contributed by atoms with Crippen LogP contribution in [0.15, 0.2) is 120 Å². The molecule has 0 aliphatic carbocycles. The van der Waals surface area contributed by atoms with Gasteiger partial charge in [-0.2, -0.15) is 0 Å². The number of likely N-dealkylation sites (N-methyl/N-ethyl adjacent to an activating group) is 1. The van der Waals surface area contributed by atoms with Gasteiger partial charge in [0.2, 0.25) is 65.2 Å². The van der Waals surface area contributed by atoms with Gasteiger partial charge < -0.3 is 159 Å². The molecule has 0 radical (unpaired) electrons. The van der Waals surface area contributed by atoms with Gasteiger partial charge in [-0.25, -0.2) is 9.55 Å². The van der Waals surface area contributed by atoms with Crippen LogP contribution in [0.2, 0.25) is 14.4 Å². The Hall–Kier alpha value is -12.9. The number of anilines is 1. The van der Waals surface area contributed by atoms with Gasteiger partial charge in [-0.3, -0.25) is 57.6 Å². The third-order valence-electron chi connectivity index (χ3n) is 24.6. The minimum absolute atomic E-state index is 0.0179. The molecule has 24 N–H and O–H groups in total. The van der Waals surface area contributed by atoms with Gasteiger partial charge in [-0.05, 0) is 134 Å². The number of fused-ring (bicyclic) bond motifs is 15. The zero-order valence-electron chi connectivity index (χ0n) is 76.5. The number of carbonyl (C=O) groups excluding carboxylic acids is 12. The molecular weight excluding hydrogens is 1970 g/mol. The van der Waals surface area contributed by atoms with Crippen molar-refractivity contribution in [1.29, 1.82) is 0 Å². The largest absolute Gasteiger partial charge is 0.543 e. The Morgan fingerprint density at radius 3 is 2.04 bits per heavy atom. The van der Waals surface area contributed by atoms with E-state index in [1.54, 1.807) is 49.9 Å². The first-order valence-corrected chi connectivity index (χ1v) is 47.4. The minimum Gasteiger partial charge on any atom is -0.543 e. The molecule has 9 bridgehead atoms. The van der Waals surface area contributed by atoms with E-state index in [1.807, 2.05) is 0 Å². The molecule has 0 saturated carbocycles. The van der Waals surface area contributed by atoms with Crippen molar-refractivity contribution in [3.8, 4) is 57.1 Å². The molecule has 7 aromatic rings. The zero-order chi connectivity index (χ0) is 103. The molecule has 5 aromatic carbocycles. The van der Waals surface area contributed by atoms with Crippen molar-refractivity contribution in [1.82, 2.24) is 62.6 Å². The fraction of sp³-hybridized carbons (Fsp3) is 0.418. The number of aromatic hydroxyl groups is 3. The Morgan fingerprint density at radius 1 is 0.775 bits per heavy atom. The topological polar surface area (TPSA) is 697 Å². The quantitative estimate of drug-likeness (QED) is 0.0134. The normalized spacial score (nSPS) is 26.4. The summed E-state index contributed by atoms with van der Waals surface area (Å²) in [5.41, 5.74) is 13.6. The number of aliphatic hydroxyl groups excluding tert-OH is 6. The highest BCUT2D eigenvalue weighted by Gasteiger charge is 2.56. The second-order valence-electron chi connectivity index (χ2n) is 35.1. The van der Waals surface area contributed by atoms with Crippen LogP contribution in [0.1, 0.15) is 130 Å². The monoisotopic (exact) mass is 2070 g/mol. The Kier molecular flexibility index (Phi) is 32.4. The van der Waals surface area contributed by atoms with E-state index in [9.17, 15) is 79.8 Å². The number of aliphatic hydroxyl groups is 6. The molecule has 3 fully saturated rings. The molecule has 20 unspecified atom stereocenters. The number of aliphatic carboxylic acids is 1. The van der Waals surface area contributed by atoms with Crippen molar-refractivity contribution in [3.05, 3.63) is 168 Å². The SMILES string of the molecule is CCN(Cc1cc[n+](CC2=C(C(=O)[O-])N3C(=O)C(NC(=O)/C(=N/OC)c4nc(N)sc4Cl)C3SC2)cc1)C(=O)CCNC(=O)C1NC(=O)C2NC(=O)C(NC(=O)C3NC(=O)C(CC(N)=O)NC(=O)C(NC(=O)C(CC(C)C)NC)C(O)c4ccc(c(Cl)c4)Oc4cc3cc(c4OC3OC(CO)C(O)C(O)C3OC3CC(C)(N)C(O)C(C)O3)Oc3ccc(cc3Cl)C2O)c2ccc(O)cc2-c2c(O)cc(O)cc21. The average molecular weight is 2070 g/mol. The number of pyridine rings is 1. The molecule has 3 saturated heterocycles. The number of aromatic nitrogens is 2. The number of β-lactam (4-membered cyclic amide) rings is 1. The van der Waals surface area contributed by atoms with Crippen molar-refractivity contribution in [2.45, 2.75) is 194 Å². The van der Waals surface area contributed by atoms with Gasteiger partial charge in [0.25, 0.3) is 11.8 Å². The second-order valence-corrected chi connectivity index (χ2v) is 38.6. The van der Waals surface area contributed by atoms with Gasteiger partial charge in [0, 0.05) is 73.1 Å². The zero-order valence-corrected chi connectivity index (χ0v) is 80.4. The molecule has 16 rings (SSSR count). The number of oxime groups is 1. The maximum atomic E-state index is 16.6. The Labute approximate surface area is 831 Å². The molecular formula is C91H102Cl3N17O29S2. The lowest BCUT2D eigenvalue weighted by Gasteiger charge is -2.50. The van der Waals surface area contributed by atoms with Crippen LogP contribution < -0.4 is 88.9 Å². The van der Waals surface area contributed by atoms with E-state index in [4.69, 9.17) is 85.3 Å². The number of rotatable bonds is 26. The number of hydrogen-bond donors (Lipinski definition) is 21. The van der Waals surface area contributed by atoms with E-state index < -0.39 is 301 Å². The third kappa shape index (κ3) is 22.6. The smallest absolute Gasteiger partial charge is 0.276 e. The number of nitrogens with one attached hydrogen (secondary N) is 9.